The number of rotatable bonds is 9. The maximum atomic E-state index is 15.2. The Bertz CT molecular complexity index is 1070. The molecule has 0 unspecified atom stereocenters. The van der Waals surface area contributed by atoms with Crippen LogP contribution in [0.25, 0.3) is 0 Å². The smallest absolute Gasteiger partial charge is 0.337 e. The summed E-state index contributed by atoms with van der Waals surface area (Å²) in [7, 11) is 0. The number of carbonyl (C=O) groups is 2. The van der Waals surface area contributed by atoms with Crippen molar-refractivity contribution in [3.05, 3.63) is 59.7 Å². The van der Waals surface area contributed by atoms with Crippen molar-refractivity contribution in [3.63, 3.8) is 0 Å². The van der Waals surface area contributed by atoms with Gasteiger partial charge in [-0.25, -0.2) is 4.79 Å². The fourth-order valence-corrected chi connectivity index (χ4v) is 4.81. The predicted octanol–water partition coefficient (Wildman–Crippen LogP) is 5.10. The van der Waals surface area contributed by atoms with E-state index < -0.39 is 40.1 Å². The molecule has 200 valence electrons. The molecule has 2 aliphatic heterocycles. The highest BCUT2D eigenvalue weighted by molar-refractivity contribution is 6.03. The first-order valence-corrected chi connectivity index (χ1v) is 12.5. The largest absolute Gasteiger partial charge is 0.478 e. The number of carboxylic acid groups (broad SMARTS) is 1. The Balaban J connectivity index is 1.41. The Hall–Kier alpha value is -3.11. The molecule has 2 aliphatic rings. The van der Waals surface area contributed by atoms with Gasteiger partial charge in [0.1, 0.15) is 0 Å². The minimum absolute atomic E-state index is 0.0585. The fourth-order valence-electron chi connectivity index (χ4n) is 4.81. The average Bonchev–Trinajstić information content (AvgIpc) is 2.93. The molecule has 0 bridgehead atoms. The van der Waals surface area contributed by atoms with Crippen LogP contribution in [-0.4, -0.2) is 55.8 Å². The molecule has 2 aromatic rings. The maximum Gasteiger partial charge on any atom is 0.337 e. The van der Waals surface area contributed by atoms with Gasteiger partial charge in [0.15, 0.2) is 0 Å². The number of anilines is 2. The van der Waals surface area contributed by atoms with Gasteiger partial charge in [-0.05, 0) is 55.4 Å². The molecular formula is C27H31F3N2O5. The van der Waals surface area contributed by atoms with Crippen LogP contribution < -0.4 is 10.0 Å². The quantitative estimate of drug-likeness (QED) is 0.464. The number of hydrogen-bond donors (Lipinski definition) is 1. The van der Waals surface area contributed by atoms with Crippen LogP contribution in [0.5, 0.6) is 0 Å². The second kappa shape index (κ2) is 12.0. The van der Waals surface area contributed by atoms with Crippen LogP contribution in [0.15, 0.2) is 48.5 Å². The third-order valence-electron chi connectivity index (χ3n) is 7.07. The van der Waals surface area contributed by atoms with E-state index in [1.165, 1.54) is 6.07 Å². The normalized spacial score (nSPS) is 17.5. The van der Waals surface area contributed by atoms with E-state index in [2.05, 4.69) is 0 Å². The van der Waals surface area contributed by atoms with Gasteiger partial charge in [0.05, 0.1) is 17.9 Å². The van der Waals surface area contributed by atoms with E-state index >= 15 is 4.48 Å². The van der Waals surface area contributed by atoms with Crippen molar-refractivity contribution in [2.75, 3.05) is 42.9 Å². The van der Waals surface area contributed by atoms with Crippen molar-refractivity contribution in [1.82, 2.24) is 0 Å². The zero-order chi connectivity index (χ0) is 26.4. The first kappa shape index (κ1) is 26.9. The zero-order valence-corrected chi connectivity index (χ0v) is 20.5. The standard InChI is InChI=1S/C27H31F3N2O5/c28-27(29,21-10-14-36-15-11-21)26(35)32(30)24-16-22(6-7-23(24)25(33)34)31-12-8-20(9-13-31)18-37-17-19-4-2-1-3-5-19/h1-7,16,20-21H,8-15,17-18H2,(H,33,34). The van der Waals surface area contributed by atoms with Crippen LogP contribution in [0.2, 0.25) is 0 Å². The second-order valence-corrected chi connectivity index (χ2v) is 9.53. The van der Waals surface area contributed by atoms with E-state index in [-0.39, 0.29) is 26.1 Å². The topological polar surface area (TPSA) is 79.3 Å². The number of ether oxygens (including phenoxy) is 2. The molecule has 2 aromatic carbocycles. The number of benzene rings is 2. The monoisotopic (exact) mass is 520 g/mol. The molecule has 7 nitrogen and oxygen atoms in total. The van der Waals surface area contributed by atoms with Gasteiger partial charge in [0, 0.05) is 44.5 Å². The third-order valence-corrected chi connectivity index (χ3v) is 7.07. The minimum Gasteiger partial charge on any atom is -0.478 e. The summed E-state index contributed by atoms with van der Waals surface area (Å²) in [5.41, 5.74) is 0.300. The molecule has 0 radical (unpaired) electrons. The lowest BCUT2D eigenvalue weighted by atomic mass is 9.92. The van der Waals surface area contributed by atoms with Gasteiger partial charge in [-0.2, -0.15) is 8.78 Å². The third kappa shape index (κ3) is 6.42. The highest BCUT2D eigenvalue weighted by atomic mass is 19.3. The van der Waals surface area contributed by atoms with E-state index in [0.29, 0.717) is 37.9 Å². The second-order valence-electron chi connectivity index (χ2n) is 9.53. The molecule has 4 rings (SSSR count). The summed E-state index contributed by atoms with van der Waals surface area (Å²) < 4.78 is 55.7. The molecule has 2 saturated heterocycles. The molecule has 0 spiro atoms. The minimum atomic E-state index is -3.98. The first-order chi connectivity index (χ1) is 17.8. The van der Waals surface area contributed by atoms with Crippen molar-refractivity contribution >= 4 is 23.3 Å². The highest BCUT2D eigenvalue weighted by Gasteiger charge is 2.51. The van der Waals surface area contributed by atoms with Gasteiger partial charge in [0.25, 0.3) is 0 Å². The van der Waals surface area contributed by atoms with Gasteiger partial charge in [-0.1, -0.05) is 34.8 Å². The van der Waals surface area contributed by atoms with Crippen molar-refractivity contribution in [3.8, 4) is 0 Å². The van der Waals surface area contributed by atoms with Crippen molar-refractivity contribution in [2.24, 2.45) is 11.8 Å². The summed E-state index contributed by atoms with van der Waals surface area (Å²) in [5, 5.41) is 8.81. The molecule has 2 fully saturated rings. The maximum absolute atomic E-state index is 15.2. The van der Waals surface area contributed by atoms with E-state index in [0.717, 1.165) is 30.5 Å². The van der Waals surface area contributed by atoms with E-state index in [1.54, 1.807) is 0 Å². The molecule has 1 N–H and O–H groups in total. The predicted molar refractivity (Wildman–Crippen MR) is 132 cm³/mol. The first-order valence-electron chi connectivity index (χ1n) is 12.5. The fraction of sp³-hybridized carbons (Fsp3) is 0.481. The van der Waals surface area contributed by atoms with Crippen LogP contribution >= 0.6 is 0 Å². The Labute approximate surface area is 213 Å². The Morgan fingerprint density at radius 2 is 1.73 bits per heavy atom. The van der Waals surface area contributed by atoms with Gasteiger partial charge in [-0.15, -0.1) is 5.12 Å². The number of aromatic carboxylic acids is 1. The lowest BCUT2D eigenvalue weighted by Gasteiger charge is -2.34. The molecular weight excluding hydrogens is 489 g/mol. The summed E-state index contributed by atoms with van der Waals surface area (Å²) in [6.07, 6.45) is 1.43. The number of nitrogens with zero attached hydrogens (tertiary/aromatic N) is 2. The summed E-state index contributed by atoms with van der Waals surface area (Å²) in [6, 6.07) is 13.7. The number of hydrogen-bond acceptors (Lipinski definition) is 5. The summed E-state index contributed by atoms with van der Waals surface area (Å²) in [6.45, 7) is 2.44. The lowest BCUT2D eigenvalue weighted by Crippen LogP contribution is -2.47. The number of carbonyl (C=O) groups excluding carboxylic acids is 1. The lowest BCUT2D eigenvalue weighted by molar-refractivity contribution is -0.159. The molecule has 37 heavy (non-hydrogen) atoms. The van der Waals surface area contributed by atoms with Crippen molar-refractivity contribution in [1.29, 1.82) is 0 Å². The summed E-state index contributed by atoms with van der Waals surface area (Å²) in [4.78, 5) is 26.1. The number of piperidine rings is 1. The van der Waals surface area contributed by atoms with Crippen LogP contribution in [0, 0.1) is 11.8 Å². The molecule has 0 atom stereocenters. The Morgan fingerprint density at radius 3 is 2.38 bits per heavy atom. The van der Waals surface area contributed by atoms with Gasteiger partial charge >= 0.3 is 17.8 Å². The van der Waals surface area contributed by atoms with Crippen LogP contribution in [0.3, 0.4) is 0 Å². The molecule has 2 heterocycles. The van der Waals surface area contributed by atoms with Gasteiger partial charge in [-0.3, -0.25) is 4.79 Å². The van der Waals surface area contributed by atoms with E-state index in [9.17, 15) is 23.5 Å². The Kier molecular flexibility index (Phi) is 8.71. The molecule has 0 saturated carbocycles. The molecule has 10 heteroatoms. The SMILES string of the molecule is O=C(O)c1ccc(N2CCC(COCc3ccccc3)CC2)cc1N(F)C(=O)C(F)(F)C1CCOCC1. The highest BCUT2D eigenvalue weighted by Crippen LogP contribution is 2.37. The molecule has 0 aromatic heterocycles. The van der Waals surface area contributed by atoms with Crippen molar-refractivity contribution in [2.45, 2.75) is 38.2 Å². The number of carboxylic acids is 1. The van der Waals surface area contributed by atoms with Crippen LogP contribution in [-0.2, 0) is 20.9 Å². The van der Waals surface area contributed by atoms with E-state index in [1.807, 2.05) is 35.2 Å². The van der Waals surface area contributed by atoms with Crippen LogP contribution in [0.4, 0.5) is 24.6 Å². The number of amides is 1. The summed E-state index contributed by atoms with van der Waals surface area (Å²) in [5.74, 6) is -8.60. The molecule has 1 amide bonds. The van der Waals surface area contributed by atoms with Crippen LogP contribution in [0.1, 0.15) is 41.6 Å². The summed E-state index contributed by atoms with van der Waals surface area (Å²) >= 11 is 0. The number of alkyl halides is 2. The van der Waals surface area contributed by atoms with Gasteiger partial charge < -0.3 is 19.5 Å². The Morgan fingerprint density at radius 1 is 1.05 bits per heavy atom. The number of halogens is 3. The van der Waals surface area contributed by atoms with Crippen molar-refractivity contribution < 1.29 is 37.4 Å². The molecule has 0 aliphatic carbocycles. The van der Waals surface area contributed by atoms with Gasteiger partial charge in [0.2, 0.25) is 0 Å². The average molecular weight is 521 g/mol. The zero-order valence-electron chi connectivity index (χ0n) is 20.5. The van der Waals surface area contributed by atoms with E-state index in [4.69, 9.17) is 9.47 Å².